The van der Waals surface area contributed by atoms with Crippen LogP contribution in [0.1, 0.15) is 43.6 Å². The van der Waals surface area contributed by atoms with Crippen LogP contribution in [0.3, 0.4) is 0 Å². The lowest BCUT2D eigenvalue weighted by Crippen LogP contribution is -2.29. The molecule has 0 bridgehead atoms. The predicted molar refractivity (Wildman–Crippen MR) is 74.8 cm³/mol. The Morgan fingerprint density at radius 2 is 2.12 bits per heavy atom. The van der Waals surface area contributed by atoms with Gasteiger partial charge in [-0.15, -0.1) is 11.8 Å². The molecule has 1 aromatic carbocycles. The van der Waals surface area contributed by atoms with Crippen LogP contribution < -0.4 is 5.32 Å². The van der Waals surface area contributed by atoms with Gasteiger partial charge in [-0.2, -0.15) is 0 Å². The van der Waals surface area contributed by atoms with Crippen molar-refractivity contribution in [2.75, 3.05) is 12.3 Å². The lowest BCUT2D eigenvalue weighted by atomic mass is 9.92. The van der Waals surface area contributed by atoms with Crippen LogP contribution in [0.2, 0.25) is 0 Å². The molecule has 0 saturated carbocycles. The van der Waals surface area contributed by atoms with Crippen molar-refractivity contribution in [1.29, 1.82) is 0 Å². The minimum Gasteiger partial charge on any atom is -0.314 e. The summed E-state index contributed by atoms with van der Waals surface area (Å²) in [5.74, 6) is 2.07. The van der Waals surface area contributed by atoms with Gasteiger partial charge in [0.25, 0.3) is 0 Å². The lowest BCUT2D eigenvalue weighted by molar-refractivity contribution is 0.450. The largest absolute Gasteiger partial charge is 0.314 e. The van der Waals surface area contributed by atoms with E-state index in [-0.39, 0.29) is 0 Å². The topological polar surface area (TPSA) is 12.0 Å². The molecule has 0 radical (unpaired) electrons. The molecule has 1 N–H and O–H groups in total. The summed E-state index contributed by atoms with van der Waals surface area (Å²) in [5, 5.41) is 3.73. The smallest absolute Gasteiger partial charge is 0.0107 e. The number of nitrogens with one attached hydrogen (secondary N) is 1. The van der Waals surface area contributed by atoms with E-state index >= 15 is 0 Å². The zero-order valence-corrected chi connectivity index (χ0v) is 11.1. The first-order valence-corrected chi connectivity index (χ1v) is 7.87. The third-order valence-electron chi connectivity index (χ3n) is 4.03. The quantitative estimate of drug-likeness (QED) is 0.853. The summed E-state index contributed by atoms with van der Waals surface area (Å²) in [6.07, 6.45) is 6.92. The van der Waals surface area contributed by atoms with Crippen molar-refractivity contribution >= 4 is 11.8 Å². The Morgan fingerprint density at radius 3 is 3.12 bits per heavy atom. The Kier molecular flexibility index (Phi) is 3.72. The second kappa shape index (κ2) is 5.45. The molecule has 0 aliphatic carbocycles. The molecular weight excluding hydrogens is 226 g/mol. The first kappa shape index (κ1) is 11.6. The fourth-order valence-electron chi connectivity index (χ4n) is 3.07. The van der Waals surface area contributed by atoms with Crippen LogP contribution in [0.5, 0.6) is 0 Å². The zero-order chi connectivity index (χ0) is 11.5. The second-order valence-corrected chi connectivity index (χ2v) is 6.34. The van der Waals surface area contributed by atoms with Gasteiger partial charge >= 0.3 is 0 Å². The third-order valence-corrected chi connectivity index (χ3v) is 5.28. The van der Waals surface area contributed by atoms with Gasteiger partial charge in [-0.1, -0.05) is 31.0 Å². The highest BCUT2D eigenvalue weighted by molar-refractivity contribution is 7.99. The average Bonchev–Trinajstić information content (AvgIpc) is 2.59. The molecule has 1 aromatic rings. The number of benzene rings is 1. The molecular formula is C15H21NS. The minimum absolute atomic E-state index is 0.759. The van der Waals surface area contributed by atoms with E-state index in [9.17, 15) is 0 Å². The Hall–Kier alpha value is -0.470. The molecule has 2 heterocycles. The van der Waals surface area contributed by atoms with Crippen LogP contribution in [-0.2, 0) is 0 Å². The summed E-state index contributed by atoms with van der Waals surface area (Å²) in [6, 6.07) is 9.72. The molecule has 2 atom stereocenters. The van der Waals surface area contributed by atoms with Gasteiger partial charge < -0.3 is 5.32 Å². The fourth-order valence-corrected chi connectivity index (χ4v) is 4.34. The van der Waals surface area contributed by atoms with Gasteiger partial charge in [-0.25, -0.2) is 0 Å². The molecule has 0 amide bonds. The van der Waals surface area contributed by atoms with E-state index in [4.69, 9.17) is 0 Å². The molecule has 0 spiro atoms. The van der Waals surface area contributed by atoms with Crippen LogP contribution in [0.25, 0.3) is 0 Å². The molecule has 3 rings (SSSR count). The normalized spacial score (nSPS) is 28.7. The molecule has 0 aromatic heterocycles. The van der Waals surface area contributed by atoms with Crippen LogP contribution in [-0.4, -0.2) is 18.3 Å². The summed E-state index contributed by atoms with van der Waals surface area (Å²) in [5.41, 5.74) is 1.60. The van der Waals surface area contributed by atoms with E-state index in [1.54, 1.807) is 5.56 Å². The highest BCUT2D eigenvalue weighted by Crippen LogP contribution is 2.41. The molecule has 2 aliphatic heterocycles. The van der Waals surface area contributed by atoms with Crippen molar-refractivity contribution in [3.63, 3.8) is 0 Å². The molecule has 17 heavy (non-hydrogen) atoms. The maximum absolute atomic E-state index is 3.73. The number of rotatable bonds is 2. The van der Waals surface area contributed by atoms with Crippen molar-refractivity contribution in [2.45, 2.75) is 49.0 Å². The molecule has 2 aliphatic rings. The SMILES string of the molecule is c1ccc2c(c1)SCC2CC1CCCCCN1. The van der Waals surface area contributed by atoms with Gasteiger partial charge in [0.15, 0.2) is 0 Å². The van der Waals surface area contributed by atoms with Crippen molar-refractivity contribution in [3.05, 3.63) is 29.8 Å². The Balaban J connectivity index is 1.66. The maximum Gasteiger partial charge on any atom is 0.0107 e. The Bertz CT molecular complexity index is 369. The molecule has 2 unspecified atom stereocenters. The van der Waals surface area contributed by atoms with E-state index in [1.807, 2.05) is 11.8 Å². The monoisotopic (exact) mass is 247 g/mol. The average molecular weight is 247 g/mol. The van der Waals surface area contributed by atoms with Gasteiger partial charge in [-0.3, -0.25) is 0 Å². The van der Waals surface area contributed by atoms with Crippen LogP contribution in [0, 0.1) is 0 Å². The Labute approximate surface area is 108 Å². The van der Waals surface area contributed by atoms with E-state index in [0.29, 0.717) is 0 Å². The van der Waals surface area contributed by atoms with Crippen LogP contribution in [0.4, 0.5) is 0 Å². The van der Waals surface area contributed by atoms with Crippen molar-refractivity contribution in [2.24, 2.45) is 0 Å². The van der Waals surface area contributed by atoms with Gasteiger partial charge in [0.05, 0.1) is 0 Å². The van der Waals surface area contributed by atoms with E-state index in [2.05, 4.69) is 29.6 Å². The van der Waals surface area contributed by atoms with Gasteiger partial charge in [0, 0.05) is 16.7 Å². The molecule has 92 valence electrons. The first-order chi connectivity index (χ1) is 8.43. The van der Waals surface area contributed by atoms with E-state index in [1.165, 1.54) is 49.3 Å². The van der Waals surface area contributed by atoms with Gasteiger partial charge in [0.2, 0.25) is 0 Å². The molecule has 1 nitrogen and oxygen atoms in total. The Morgan fingerprint density at radius 1 is 1.18 bits per heavy atom. The number of fused-ring (bicyclic) bond motifs is 1. The minimum atomic E-state index is 0.759. The van der Waals surface area contributed by atoms with E-state index in [0.717, 1.165) is 12.0 Å². The number of hydrogen-bond donors (Lipinski definition) is 1. The van der Waals surface area contributed by atoms with Crippen molar-refractivity contribution < 1.29 is 0 Å². The van der Waals surface area contributed by atoms with Crippen LogP contribution >= 0.6 is 11.8 Å². The van der Waals surface area contributed by atoms with Crippen molar-refractivity contribution in [1.82, 2.24) is 5.32 Å². The second-order valence-electron chi connectivity index (χ2n) is 5.28. The molecule has 1 saturated heterocycles. The van der Waals surface area contributed by atoms with Crippen LogP contribution in [0.15, 0.2) is 29.2 Å². The zero-order valence-electron chi connectivity index (χ0n) is 10.3. The summed E-state index contributed by atoms with van der Waals surface area (Å²) in [7, 11) is 0. The first-order valence-electron chi connectivity index (χ1n) is 6.88. The van der Waals surface area contributed by atoms with Gasteiger partial charge in [-0.05, 0) is 43.4 Å². The summed E-state index contributed by atoms with van der Waals surface area (Å²) in [4.78, 5) is 1.52. The van der Waals surface area contributed by atoms with Crippen molar-refractivity contribution in [3.8, 4) is 0 Å². The molecule has 2 heteroatoms. The van der Waals surface area contributed by atoms with E-state index < -0.39 is 0 Å². The predicted octanol–water partition coefficient (Wildman–Crippen LogP) is 3.80. The summed E-state index contributed by atoms with van der Waals surface area (Å²) >= 11 is 2.04. The number of hydrogen-bond acceptors (Lipinski definition) is 2. The summed E-state index contributed by atoms with van der Waals surface area (Å²) in [6.45, 7) is 1.23. The lowest BCUT2D eigenvalue weighted by Gasteiger charge is -2.20. The third kappa shape index (κ3) is 2.69. The molecule has 1 fully saturated rings. The standard InChI is InChI=1S/C15H21NS/c1-2-6-13(16-9-5-1)10-12-11-17-15-8-4-3-7-14(12)15/h3-4,7-8,12-13,16H,1-2,5-6,9-11H2. The highest BCUT2D eigenvalue weighted by atomic mass is 32.2. The van der Waals surface area contributed by atoms with Gasteiger partial charge in [0.1, 0.15) is 0 Å². The fraction of sp³-hybridized carbons (Fsp3) is 0.600. The highest BCUT2D eigenvalue weighted by Gasteiger charge is 2.25. The number of thioether (sulfide) groups is 1. The maximum atomic E-state index is 3.73. The summed E-state index contributed by atoms with van der Waals surface area (Å²) < 4.78 is 0.